The Morgan fingerprint density at radius 1 is 1.64 bits per heavy atom. The van der Waals surface area contributed by atoms with Gasteiger partial charge in [-0.3, -0.25) is 9.38 Å². The Morgan fingerprint density at radius 2 is 2.45 bits per heavy atom. The van der Waals surface area contributed by atoms with Crippen LogP contribution in [0.3, 0.4) is 0 Å². The Hall–Kier alpha value is -1.06. The smallest absolute Gasteiger partial charge is 0.294 e. The molecule has 0 aliphatic carbocycles. The van der Waals surface area contributed by atoms with Crippen LogP contribution in [0.4, 0.5) is 10.2 Å². The van der Waals surface area contributed by atoms with Crippen LogP contribution in [0.1, 0.15) is 0 Å². The zero-order valence-corrected chi connectivity index (χ0v) is 6.29. The molecule has 1 aliphatic rings. The topological polar surface area (TPSA) is 7.12 Å². The van der Waals surface area contributed by atoms with E-state index in [1.54, 1.807) is 10.5 Å². The summed E-state index contributed by atoms with van der Waals surface area (Å²) in [5.41, 5.74) is 0. The van der Waals surface area contributed by atoms with Gasteiger partial charge in [0.05, 0.1) is 7.05 Å². The molecular weight excluding hydrogens is 142 g/mol. The molecular formula is C7H8BFN2+. The molecule has 1 aliphatic heterocycles. The van der Waals surface area contributed by atoms with Crippen molar-refractivity contribution < 1.29 is 8.87 Å². The second-order valence-electron chi connectivity index (χ2n) is 2.68. The summed E-state index contributed by atoms with van der Waals surface area (Å²) in [6, 6.07) is 3.25. The van der Waals surface area contributed by atoms with Gasteiger partial charge < -0.3 is 0 Å². The Balaban J connectivity index is 2.50. The van der Waals surface area contributed by atoms with Crippen LogP contribution in [0.2, 0.25) is 0 Å². The minimum atomic E-state index is -0.194. The molecule has 55 valence electrons. The van der Waals surface area contributed by atoms with Crippen molar-refractivity contribution in [3.63, 3.8) is 0 Å². The molecule has 0 saturated heterocycles. The third-order valence-electron chi connectivity index (χ3n) is 1.86. The third-order valence-corrected chi connectivity index (χ3v) is 1.86. The lowest BCUT2D eigenvalue weighted by Gasteiger charge is -2.01. The number of nitrogens with zero attached hydrogens (tertiary/aromatic N) is 2. The van der Waals surface area contributed by atoms with E-state index >= 15 is 0 Å². The Bertz CT molecular complexity index is 290. The van der Waals surface area contributed by atoms with Gasteiger partial charge in [-0.2, -0.15) is 0 Å². The minimum absolute atomic E-state index is 0.194. The molecule has 0 amide bonds. The molecule has 11 heavy (non-hydrogen) atoms. The SMILES string of the molecule is CN1C[B][n+]2cc(F)ccc21. The molecule has 2 heterocycles. The highest BCUT2D eigenvalue weighted by Crippen LogP contribution is 2.09. The molecule has 2 nitrogen and oxygen atoms in total. The fourth-order valence-electron chi connectivity index (χ4n) is 1.26. The van der Waals surface area contributed by atoms with E-state index in [0.717, 1.165) is 12.3 Å². The number of fused-ring (bicyclic) bond motifs is 1. The van der Waals surface area contributed by atoms with E-state index in [9.17, 15) is 4.39 Å². The molecule has 1 radical (unpaired) electrons. The van der Waals surface area contributed by atoms with Gasteiger partial charge in [0.15, 0.2) is 5.82 Å². The van der Waals surface area contributed by atoms with Crippen LogP contribution < -0.4 is 9.38 Å². The van der Waals surface area contributed by atoms with E-state index in [4.69, 9.17) is 0 Å². The van der Waals surface area contributed by atoms with Crippen LogP contribution in [-0.4, -0.2) is 20.9 Å². The summed E-state index contributed by atoms with van der Waals surface area (Å²) in [5.74, 6) is 0.840. The summed E-state index contributed by atoms with van der Waals surface area (Å²) >= 11 is 0. The molecule has 0 saturated carbocycles. The van der Waals surface area contributed by atoms with Crippen molar-refractivity contribution in [1.29, 1.82) is 0 Å². The lowest BCUT2D eigenvalue weighted by Crippen LogP contribution is -2.36. The first kappa shape index (κ1) is 6.64. The predicted molar refractivity (Wildman–Crippen MR) is 41.0 cm³/mol. The number of rotatable bonds is 0. The number of hydrogen-bond acceptors (Lipinski definition) is 1. The zero-order chi connectivity index (χ0) is 7.84. The first-order valence-corrected chi connectivity index (χ1v) is 3.52. The van der Waals surface area contributed by atoms with Crippen LogP contribution in [0.25, 0.3) is 0 Å². The molecule has 0 unspecified atom stereocenters. The molecule has 4 heteroatoms. The average molecular weight is 150 g/mol. The third kappa shape index (κ3) is 0.983. The second kappa shape index (κ2) is 2.22. The van der Waals surface area contributed by atoms with Crippen LogP contribution >= 0.6 is 0 Å². The van der Waals surface area contributed by atoms with Crippen molar-refractivity contribution in [2.45, 2.75) is 0 Å². The lowest BCUT2D eigenvalue weighted by molar-refractivity contribution is -0.511. The van der Waals surface area contributed by atoms with Crippen molar-refractivity contribution >= 4 is 13.2 Å². The van der Waals surface area contributed by atoms with Crippen LogP contribution in [0.15, 0.2) is 18.3 Å². The quantitative estimate of drug-likeness (QED) is 0.471. The average Bonchev–Trinajstić information content (AvgIpc) is 2.32. The molecule has 2 rings (SSSR count). The largest absolute Gasteiger partial charge is 0.443 e. The molecule has 0 aromatic carbocycles. The first-order valence-electron chi connectivity index (χ1n) is 3.52. The number of pyridine rings is 1. The van der Waals surface area contributed by atoms with Gasteiger partial charge in [0.25, 0.3) is 5.82 Å². The van der Waals surface area contributed by atoms with Gasteiger partial charge in [-0.05, 0) is 6.07 Å². The van der Waals surface area contributed by atoms with Gasteiger partial charge >= 0.3 is 7.41 Å². The highest BCUT2D eigenvalue weighted by atomic mass is 19.1. The summed E-state index contributed by atoms with van der Waals surface area (Å²) in [6.07, 6.45) is 2.34. The summed E-state index contributed by atoms with van der Waals surface area (Å²) in [6.45, 7) is 0. The molecule has 0 atom stereocenters. The van der Waals surface area contributed by atoms with E-state index in [1.165, 1.54) is 12.3 Å². The number of halogens is 1. The molecule has 0 N–H and O–H groups in total. The first-order chi connectivity index (χ1) is 5.27. The predicted octanol–water partition coefficient (Wildman–Crippen LogP) is -0.0122. The van der Waals surface area contributed by atoms with Gasteiger partial charge in [-0.1, -0.05) is 0 Å². The summed E-state index contributed by atoms with van der Waals surface area (Å²) in [7, 11) is 3.92. The fourth-order valence-corrected chi connectivity index (χ4v) is 1.26. The number of aromatic nitrogens is 1. The van der Waals surface area contributed by atoms with E-state index in [2.05, 4.69) is 4.90 Å². The fraction of sp³-hybridized carbons (Fsp3) is 0.286. The summed E-state index contributed by atoms with van der Waals surface area (Å²) in [4.78, 5) is 2.06. The maximum absolute atomic E-state index is 12.6. The van der Waals surface area contributed by atoms with E-state index in [0.29, 0.717) is 0 Å². The molecule has 0 bridgehead atoms. The highest BCUT2D eigenvalue weighted by Gasteiger charge is 2.25. The standard InChI is InChI=1S/C7H8BFN2/c1-10-5-8-11-4-6(9)2-3-7(10)11/h2-4H,5H2,1H3/q+1. The van der Waals surface area contributed by atoms with Crippen LogP contribution in [-0.2, 0) is 0 Å². The van der Waals surface area contributed by atoms with Gasteiger partial charge in [0, 0.05) is 6.07 Å². The van der Waals surface area contributed by atoms with Gasteiger partial charge in [0.2, 0.25) is 0 Å². The monoisotopic (exact) mass is 150 g/mol. The van der Waals surface area contributed by atoms with Gasteiger partial charge in [-0.15, -0.1) is 0 Å². The maximum atomic E-state index is 12.6. The second-order valence-corrected chi connectivity index (χ2v) is 2.68. The van der Waals surface area contributed by atoms with E-state index < -0.39 is 0 Å². The molecule has 1 aromatic rings. The summed E-state index contributed by atoms with van der Waals surface area (Å²) < 4.78 is 14.4. The van der Waals surface area contributed by atoms with Crippen molar-refractivity contribution in [3.05, 3.63) is 24.1 Å². The van der Waals surface area contributed by atoms with Crippen LogP contribution in [0.5, 0.6) is 0 Å². The minimum Gasteiger partial charge on any atom is -0.294 e. The van der Waals surface area contributed by atoms with Gasteiger partial charge in [-0.25, -0.2) is 4.39 Å². The Kier molecular flexibility index (Phi) is 1.34. The maximum Gasteiger partial charge on any atom is 0.443 e. The van der Waals surface area contributed by atoms with Crippen molar-refractivity contribution in [2.24, 2.45) is 0 Å². The van der Waals surface area contributed by atoms with Crippen molar-refractivity contribution in [2.75, 3.05) is 18.4 Å². The molecule has 0 fully saturated rings. The highest BCUT2D eigenvalue weighted by molar-refractivity contribution is 6.27. The van der Waals surface area contributed by atoms with Gasteiger partial charge in [0.1, 0.15) is 12.6 Å². The zero-order valence-electron chi connectivity index (χ0n) is 6.29. The number of anilines is 1. The van der Waals surface area contributed by atoms with E-state index in [1.807, 2.05) is 14.5 Å². The van der Waals surface area contributed by atoms with E-state index in [-0.39, 0.29) is 5.82 Å². The van der Waals surface area contributed by atoms with Crippen LogP contribution in [0, 0.1) is 5.82 Å². The Labute approximate surface area is 65.5 Å². The lowest BCUT2D eigenvalue weighted by atomic mass is 9.97. The van der Waals surface area contributed by atoms with Crippen molar-refractivity contribution in [1.82, 2.24) is 0 Å². The number of hydrogen-bond donors (Lipinski definition) is 0. The van der Waals surface area contributed by atoms with Crippen molar-refractivity contribution in [3.8, 4) is 0 Å². The molecule has 1 aromatic heterocycles. The summed E-state index contributed by atoms with van der Waals surface area (Å²) in [5, 5.41) is 0. The molecule has 0 spiro atoms. The normalized spacial score (nSPS) is 14.5. The Morgan fingerprint density at radius 3 is 3.27 bits per heavy atom.